The predicted octanol–water partition coefficient (Wildman–Crippen LogP) is 2.70. The lowest BCUT2D eigenvalue weighted by Crippen LogP contribution is -2.38. The van der Waals surface area contributed by atoms with Crippen LogP contribution in [0.2, 0.25) is 0 Å². The fraction of sp³-hybridized carbons (Fsp3) is 0.231. The molecule has 4 nitrogen and oxygen atoms in total. The molecule has 1 unspecified atom stereocenters. The number of aliphatic hydroxyl groups is 1. The molecule has 0 spiro atoms. The largest absolute Gasteiger partial charge is 0.383 e. The Morgan fingerprint density at radius 1 is 1.30 bits per heavy atom. The zero-order chi connectivity index (χ0) is 14.8. The van der Waals surface area contributed by atoms with Gasteiger partial charge in [-0.2, -0.15) is 0 Å². The first-order valence-corrected chi connectivity index (χ1v) is 8.98. The van der Waals surface area contributed by atoms with Gasteiger partial charge >= 0.3 is 0 Å². The van der Waals surface area contributed by atoms with Crippen LogP contribution in [0.4, 0.5) is 0 Å². The highest BCUT2D eigenvalue weighted by atomic mass is 79.9. The normalized spacial score (nSPS) is 14.9. The molecule has 1 aromatic heterocycles. The first kappa shape index (κ1) is 15.7. The van der Waals surface area contributed by atoms with Crippen LogP contribution in [0.3, 0.4) is 0 Å². The molecule has 2 aromatic rings. The van der Waals surface area contributed by atoms with Crippen LogP contribution >= 0.6 is 27.3 Å². The van der Waals surface area contributed by atoms with Gasteiger partial charge in [0.1, 0.15) is 5.60 Å². The van der Waals surface area contributed by atoms with Crippen molar-refractivity contribution < 1.29 is 13.5 Å². The number of hydrogen-bond acceptors (Lipinski definition) is 4. The Labute approximate surface area is 130 Å². The molecule has 0 saturated carbocycles. The summed E-state index contributed by atoms with van der Waals surface area (Å²) in [4.78, 5) is 0.888. The lowest BCUT2D eigenvalue weighted by Gasteiger charge is -2.22. The minimum Gasteiger partial charge on any atom is -0.383 e. The number of sulfonamides is 1. The maximum atomic E-state index is 12.1. The number of rotatable bonds is 5. The van der Waals surface area contributed by atoms with Crippen molar-refractivity contribution in [1.29, 1.82) is 0 Å². The van der Waals surface area contributed by atoms with E-state index in [9.17, 15) is 13.5 Å². The van der Waals surface area contributed by atoms with Gasteiger partial charge in [0, 0.05) is 15.9 Å². The predicted molar refractivity (Wildman–Crippen MR) is 83.2 cm³/mol. The van der Waals surface area contributed by atoms with Crippen molar-refractivity contribution in [1.82, 2.24) is 4.72 Å². The fourth-order valence-corrected chi connectivity index (χ4v) is 3.79. The van der Waals surface area contributed by atoms with Crippen molar-refractivity contribution in [3.05, 3.63) is 51.1 Å². The van der Waals surface area contributed by atoms with Crippen LogP contribution in [0.25, 0.3) is 0 Å². The average molecular weight is 376 g/mol. The molecule has 0 aliphatic carbocycles. The summed E-state index contributed by atoms with van der Waals surface area (Å²) in [6, 6.07) is 9.92. The number of halogens is 1. The van der Waals surface area contributed by atoms with Crippen LogP contribution in [0.5, 0.6) is 0 Å². The lowest BCUT2D eigenvalue weighted by atomic mass is 10.1. The van der Waals surface area contributed by atoms with Crippen molar-refractivity contribution in [2.24, 2.45) is 0 Å². The van der Waals surface area contributed by atoms with E-state index in [0.29, 0.717) is 0 Å². The zero-order valence-corrected chi connectivity index (χ0v) is 13.9. The quantitative estimate of drug-likeness (QED) is 0.843. The molecule has 0 amide bonds. The van der Waals surface area contributed by atoms with Crippen LogP contribution < -0.4 is 4.72 Å². The smallest absolute Gasteiger partial charge is 0.240 e. The number of thiophene rings is 1. The van der Waals surface area contributed by atoms with Crippen LogP contribution in [0.1, 0.15) is 11.8 Å². The Hall–Kier alpha value is -0.730. The number of benzene rings is 1. The van der Waals surface area contributed by atoms with E-state index < -0.39 is 15.6 Å². The molecule has 2 rings (SSSR count). The van der Waals surface area contributed by atoms with Crippen LogP contribution in [0.15, 0.2) is 51.1 Å². The third kappa shape index (κ3) is 3.67. The summed E-state index contributed by atoms with van der Waals surface area (Å²) in [5.74, 6) is 0. The van der Waals surface area contributed by atoms with E-state index in [1.165, 1.54) is 23.5 Å². The van der Waals surface area contributed by atoms with E-state index in [0.717, 1.165) is 9.35 Å². The van der Waals surface area contributed by atoms with Gasteiger partial charge < -0.3 is 5.11 Å². The zero-order valence-electron chi connectivity index (χ0n) is 10.7. The highest BCUT2D eigenvalue weighted by Crippen LogP contribution is 2.25. The summed E-state index contributed by atoms with van der Waals surface area (Å²) in [5, 5.41) is 12.1. The van der Waals surface area contributed by atoms with E-state index in [-0.39, 0.29) is 11.4 Å². The summed E-state index contributed by atoms with van der Waals surface area (Å²) in [6.07, 6.45) is 0. The second-order valence-electron chi connectivity index (χ2n) is 4.53. The van der Waals surface area contributed by atoms with Crippen LogP contribution in [-0.4, -0.2) is 20.1 Å². The van der Waals surface area contributed by atoms with Gasteiger partial charge in [0.15, 0.2) is 0 Å². The van der Waals surface area contributed by atoms with Gasteiger partial charge in [-0.1, -0.05) is 22.0 Å². The summed E-state index contributed by atoms with van der Waals surface area (Å²) >= 11 is 4.64. The summed E-state index contributed by atoms with van der Waals surface area (Å²) < 4.78 is 27.5. The van der Waals surface area contributed by atoms with Gasteiger partial charge in [0.25, 0.3) is 0 Å². The molecule has 1 atom stereocenters. The molecular weight excluding hydrogens is 362 g/mol. The van der Waals surface area contributed by atoms with E-state index in [1.807, 2.05) is 11.4 Å². The number of nitrogens with one attached hydrogen (secondary N) is 1. The van der Waals surface area contributed by atoms with Crippen molar-refractivity contribution in [3.8, 4) is 0 Å². The first-order valence-electron chi connectivity index (χ1n) is 5.83. The first-order chi connectivity index (χ1) is 9.31. The maximum Gasteiger partial charge on any atom is 0.240 e. The summed E-state index contributed by atoms with van der Waals surface area (Å²) in [6.45, 7) is 1.51. The maximum absolute atomic E-state index is 12.1. The molecule has 0 radical (unpaired) electrons. The van der Waals surface area contributed by atoms with E-state index in [4.69, 9.17) is 0 Å². The van der Waals surface area contributed by atoms with Crippen molar-refractivity contribution in [2.75, 3.05) is 6.54 Å². The Morgan fingerprint density at radius 2 is 1.95 bits per heavy atom. The molecule has 2 N–H and O–H groups in total. The third-order valence-electron chi connectivity index (χ3n) is 2.78. The van der Waals surface area contributed by atoms with E-state index in [2.05, 4.69) is 20.7 Å². The van der Waals surface area contributed by atoms with Crippen molar-refractivity contribution in [2.45, 2.75) is 17.4 Å². The topological polar surface area (TPSA) is 66.4 Å². The molecule has 20 heavy (non-hydrogen) atoms. The lowest BCUT2D eigenvalue weighted by molar-refractivity contribution is 0.0666. The second kappa shape index (κ2) is 5.95. The monoisotopic (exact) mass is 375 g/mol. The van der Waals surface area contributed by atoms with E-state index >= 15 is 0 Å². The number of hydrogen-bond donors (Lipinski definition) is 2. The van der Waals surface area contributed by atoms with Gasteiger partial charge in [0.05, 0.1) is 4.90 Å². The van der Waals surface area contributed by atoms with Gasteiger partial charge in [-0.25, -0.2) is 13.1 Å². The molecule has 1 heterocycles. The molecule has 0 saturated heterocycles. The highest BCUT2D eigenvalue weighted by Gasteiger charge is 2.27. The molecule has 0 bridgehead atoms. The van der Waals surface area contributed by atoms with Gasteiger partial charge in [0.2, 0.25) is 10.0 Å². The molecule has 7 heteroatoms. The molecule has 0 aliphatic heterocycles. The van der Waals surface area contributed by atoms with Crippen molar-refractivity contribution in [3.63, 3.8) is 0 Å². The standard InChI is InChI=1S/C13H14BrNO3S2/c1-13(16,12-3-2-8-19-12)9-15-20(17,18)11-6-4-10(14)5-7-11/h2-8,15-16H,9H2,1H3. The van der Waals surface area contributed by atoms with E-state index in [1.54, 1.807) is 25.1 Å². The molecule has 1 aromatic carbocycles. The molecule has 108 valence electrons. The minimum absolute atomic E-state index is 0.0775. The van der Waals surface area contributed by atoms with Gasteiger partial charge in [-0.3, -0.25) is 0 Å². The summed E-state index contributed by atoms with van der Waals surface area (Å²) in [7, 11) is -3.63. The Balaban J connectivity index is 2.12. The molecule has 0 aliphatic rings. The highest BCUT2D eigenvalue weighted by molar-refractivity contribution is 9.10. The molecule has 0 fully saturated rings. The SMILES string of the molecule is CC(O)(CNS(=O)(=O)c1ccc(Br)cc1)c1cccs1. The molecular formula is C13H14BrNO3S2. The van der Waals surface area contributed by atoms with Gasteiger partial charge in [-0.15, -0.1) is 11.3 Å². The van der Waals surface area contributed by atoms with Crippen LogP contribution in [-0.2, 0) is 15.6 Å². The third-order valence-corrected chi connectivity index (χ3v) is 5.85. The average Bonchev–Trinajstić information content (AvgIpc) is 2.92. The Morgan fingerprint density at radius 3 is 2.50 bits per heavy atom. The van der Waals surface area contributed by atoms with Crippen LogP contribution in [0, 0.1) is 0 Å². The Kier molecular flexibility index (Phi) is 4.66. The minimum atomic E-state index is -3.63. The van der Waals surface area contributed by atoms with Crippen molar-refractivity contribution >= 4 is 37.3 Å². The second-order valence-corrected chi connectivity index (χ2v) is 8.16. The fourth-order valence-electron chi connectivity index (χ4n) is 1.60. The van der Waals surface area contributed by atoms with Gasteiger partial charge in [-0.05, 0) is 42.6 Å². The Bertz CT molecular complexity index is 664. The summed E-state index contributed by atoms with van der Waals surface area (Å²) in [5.41, 5.74) is -1.23.